The summed E-state index contributed by atoms with van der Waals surface area (Å²) in [5.74, 6) is 0.555. The number of anilines is 2. The Hall–Kier alpha value is -2.91. The summed E-state index contributed by atoms with van der Waals surface area (Å²) < 4.78 is 5.56. The van der Waals surface area contributed by atoms with Crippen LogP contribution in [0.25, 0.3) is 11.3 Å². The topological polar surface area (TPSA) is 114 Å². The molecule has 5 N–H and O–H groups in total. The molecule has 0 aliphatic carbocycles. The number of aromatic nitrogens is 2. The number of halogens is 2. The number of hydrogen-bond donors (Lipinski definition) is 4. The molecule has 8 nitrogen and oxygen atoms in total. The summed E-state index contributed by atoms with van der Waals surface area (Å²) in [4.78, 5) is 21.5. The number of hydrogen-bond acceptors (Lipinski definition) is 8. The summed E-state index contributed by atoms with van der Waals surface area (Å²) in [6.07, 6.45) is 3.28. The molecule has 38 heavy (non-hydrogen) atoms. The van der Waals surface area contributed by atoms with Gasteiger partial charge in [-0.2, -0.15) is 0 Å². The molecule has 202 valence electrons. The molecule has 0 spiro atoms. The molecule has 1 saturated heterocycles. The molecule has 2 heterocycles. The van der Waals surface area contributed by atoms with Crippen LogP contribution in [-0.2, 0) is 22.6 Å². The van der Waals surface area contributed by atoms with E-state index in [2.05, 4.69) is 33.1 Å². The fourth-order valence-corrected chi connectivity index (χ4v) is 4.83. The average Bonchev–Trinajstić information content (AvgIpc) is 2.87. The van der Waals surface area contributed by atoms with Crippen LogP contribution in [0.5, 0.6) is 0 Å². The largest absolute Gasteiger partial charge is 0.459 e. The second kappa shape index (κ2) is 12.3. The number of nitrogen functional groups attached to an aromatic ring is 1. The lowest BCUT2D eigenvalue weighted by molar-refractivity contribution is -0.158. The van der Waals surface area contributed by atoms with Crippen LogP contribution in [0.3, 0.4) is 0 Å². The lowest BCUT2D eigenvalue weighted by Crippen LogP contribution is -2.51. The van der Waals surface area contributed by atoms with E-state index in [1.807, 2.05) is 32.9 Å². The fraction of sp³-hybridized carbons (Fsp3) is 0.393. The van der Waals surface area contributed by atoms with Crippen molar-refractivity contribution in [2.45, 2.75) is 64.4 Å². The number of nitrogens with two attached hydrogens (primary N) is 1. The first-order valence-electron chi connectivity index (χ1n) is 12.7. The number of nitrogens with one attached hydrogen (secondary N) is 3. The van der Waals surface area contributed by atoms with Crippen LogP contribution in [0.2, 0.25) is 10.0 Å². The van der Waals surface area contributed by atoms with Crippen LogP contribution in [0.15, 0.2) is 48.7 Å². The molecule has 1 aromatic heterocycles. The van der Waals surface area contributed by atoms with Gasteiger partial charge in [-0.15, -0.1) is 0 Å². The molecule has 4 rings (SSSR count). The van der Waals surface area contributed by atoms with Crippen molar-refractivity contribution in [3.63, 3.8) is 0 Å². The van der Waals surface area contributed by atoms with Crippen molar-refractivity contribution in [3.8, 4) is 11.3 Å². The number of piperidine rings is 1. The van der Waals surface area contributed by atoms with Crippen LogP contribution < -0.4 is 21.7 Å². The second-order valence-corrected chi connectivity index (χ2v) is 11.2. The summed E-state index contributed by atoms with van der Waals surface area (Å²) in [5, 5.41) is 11.2. The van der Waals surface area contributed by atoms with E-state index in [0.717, 1.165) is 29.7 Å². The third kappa shape index (κ3) is 7.57. The summed E-state index contributed by atoms with van der Waals surface area (Å²) in [7, 11) is 0. The number of esters is 1. The van der Waals surface area contributed by atoms with Crippen molar-refractivity contribution in [1.82, 2.24) is 20.6 Å². The highest BCUT2D eigenvalue weighted by Gasteiger charge is 2.30. The molecule has 2 atom stereocenters. The van der Waals surface area contributed by atoms with Gasteiger partial charge in [0.1, 0.15) is 11.6 Å². The first-order chi connectivity index (χ1) is 18.1. The second-order valence-electron chi connectivity index (χ2n) is 10.4. The normalized spacial score (nSPS) is 17.7. The van der Waals surface area contributed by atoms with Crippen LogP contribution in [0, 0.1) is 0 Å². The minimum Gasteiger partial charge on any atom is -0.459 e. The maximum atomic E-state index is 12.5. The number of carbonyl (C=O) groups is 1. The highest BCUT2D eigenvalue weighted by molar-refractivity contribution is 6.36. The van der Waals surface area contributed by atoms with Gasteiger partial charge in [0, 0.05) is 40.3 Å². The lowest BCUT2D eigenvalue weighted by atomic mass is 9.98. The molecular weight excluding hydrogens is 523 g/mol. The van der Waals surface area contributed by atoms with Crippen LogP contribution in [-0.4, -0.2) is 40.2 Å². The number of ether oxygens (including phenoxy) is 1. The SMILES string of the molecule is CC(C)(C)OC(=O)C1CC(NCc2cccc(-c3cnc(N)c(NCc4c(Cl)cccc4Cl)n3)c2)CCN1. The average molecular weight is 558 g/mol. The molecule has 0 amide bonds. The standard InChI is InChI=1S/C28H34Cl2N6O2/c1-28(2,3)38-27(37)23-13-19(10-11-32-23)33-14-17-6-4-7-18(12-17)24-16-34-25(31)26(36-24)35-15-20-21(29)8-5-9-22(20)30/h4-9,12,16,19,23,32-33H,10-11,13-15H2,1-3H3,(H2,31,34)(H,35,36). The molecule has 1 aliphatic rings. The Labute approximate surface area is 233 Å². The van der Waals surface area contributed by atoms with Gasteiger partial charge in [-0.1, -0.05) is 47.5 Å². The Morgan fingerprint density at radius 2 is 1.89 bits per heavy atom. The van der Waals surface area contributed by atoms with Crippen molar-refractivity contribution in [1.29, 1.82) is 0 Å². The van der Waals surface area contributed by atoms with Gasteiger partial charge in [-0.25, -0.2) is 9.97 Å². The summed E-state index contributed by atoms with van der Waals surface area (Å²) in [5.41, 5.74) is 9.07. The van der Waals surface area contributed by atoms with E-state index >= 15 is 0 Å². The third-order valence-corrected chi connectivity index (χ3v) is 6.92. The van der Waals surface area contributed by atoms with E-state index in [1.165, 1.54) is 0 Å². The van der Waals surface area contributed by atoms with Crippen molar-refractivity contribution in [3.05, 3.63) is 69.8 Å². The molecule has 10 heteroatoms. The van der Waals surface area contributed by atoms with E-state index in [0.29, 0.717) is 46.9 Å². The lowest BCUT2D eigenvalue weighted by Gasteiger charge is -2.31. The molecule has 0 radical (unpaired) electrons. The number of rotatable bonds is 8. The predicted octanol–water partition coefficient (Wildman–Crippen LogP) is 5.20. The van der Waals surface area contributed by atoms with Gasteiger partial charge in [-0.3, -0.25) is 4.79 Å². The smallest absolute Gasteiger partial charge is 0.323 e. The van der Waals surface area contributed by atoms with Gasteiger partial charge in [0.05, 0.1) is 11.9 Å². The zero-order valence-corrected chi connectivity index (χ0v) is 23.4. The first-order valence-corrected chi connectivity index (χ1v) is 13.4. The highest BCUT2D eigenvalue weighted by Crippen LogP contribution is 2.27. The van der Waals surface area contributed by atoms with Crippen molar-refractivity contribution >= 4 is 40.8 Å². The first kappa shape index (κ1) is 28.1. The molecular formula is C28H34Cl2N6O2. The minimum absolute atomic E-state index is 0.200. The Morgan fingerprint density at radius 3 is 2.63 bits per heavy atom. The van der Waals surface area contributed by atoms with Crippen molar-refractivity contribution in [2.24, 2.45) is 0 Å². The van der Waals surface area contributed by atoms with E-state index in [1.54, 1.807) is 24.4 Å². The number of benzene rings is 2. The fourth-order valence-electron chi connectivity index (χ4n) is 4.30. The molecule has 1 aliphatic heterocycles. The molecule has 3 aromatic rings. The monoisotopic (exact) mass is 556 g/mol. The van der Waals surface area contributed by atoms with Crippen molar-refractivity contribution in [2.75, 3.05) is 17.6 Å². The van der Waals surface area contributed by atoms with Gasteiger partial charge in [-0.05, 0) is 63.9 Å². The van der Waals surface area contributed by atoms with Gasteiger partial charge < -0.3 is 26.4 Å². The quantitative estimate of drug-likeness (QED) is 0.280. The van der Waals surface area contributed by atoms with Crippen molar-refractivity contribution < 1.29 is 9.53 Å². The zero-order chi connectivity index (χ0) is 27.3. The summed E-state index contributed by atoms with van der Waals surface area (Å²) >= 11 is 12.6. The molecule has 1 fully saturated rings. The van der Waals surface area contributed by atoms with E-state index in [9.17, 15) is 4.79 Å². The van der Waals surface area contributed by atoms with Crippen LogP contribution in [0.1, 0.15) is 44.7 Å². The maximum Gasteiger partial charge on any atom is 0.323 e. The van der Waals surface area contributed by atoms with E-state index in [4.69, 9.17) is 38.7 Å². The molecule has 2 unspecified atom stereocenters. The van der Waals surface area contributed by atoms with Crippen LogP contribution >= 0.6 is 23.2 Å². The molecule has 2 aromatic carbocycles. The Morgan fingerprint density at radius 1 is 1.16 bits per heavy atom. The Kier molecular flexibility index (Phi) is 9.10. The Bertz CT molecular complexity index is 1260. The maximum absolute atomic E-state index is 12.5. The summed E-state index contributed by atoms with van der Waals surface area (Å²) in [6, 6.07) is 13.4. The predicted molar refractivity (Wildman–Crippen MR) is 153 cm³/mol. The zero-order valence-electron chi connectivity index (χ0n) is 21.9. The van der Waals surface area contributed by atoms with Crippen LogP contribution in [0.4, 0.5) is 11.6 Å². The minimum atomic E-state index is -0.498. The van der Waals surface area contributed by atoms with E-state index in [-0.39, 0.29) is 18.1 Å². The highest BCUT2D eigenvalue weighted by atomic mass is 35.5. The molecule has 0 saturated carbocycles. The molecule has 0 bridgehead atoms. The van der Waals surface area contributed by atoms with E-state index < -0.39 is 5.60 Å². The van der Waals surface area contributed by atoms with Gasteiger partial charge in [0.15, 0.2) is 11.6 Å². The number of nitrogens with zero attached hydrogens (tertiary/aromatic N) is 2. The number of carbonyl (C=O) groups excluding carboxylic acids is 1. The van der Waals surface area contributed by atoms with Gasteiger partial charge in [0.25, 0.3) is 0 Å². The third-order valence-electron chi connectivity index (χ3n) is 6.21. The Balaban J connectivity index is 1.39. The summed E-state index contributed by atoms with van der Waals surface area (Å²) in [6.45, 7) is 7.45. The van der Waals surface area contributed by atoms with Gasteiger partial charge >= 0.3 is 5.97 Å². The van der Waals surface area contributed by atoms with Gasteiger partial charge in [0.2, 0.25) is 0 Å².